The number of aromatic nitrogens is 2. The first-order valence-corrected chi connectivity index (χ1v) is 7.94. The molecule has 1 heterocycles. The molecule has 0 aliphatic carbocycles. The monoisotopic (exact) mass is 311 g/mol. The third kappa shape index (κ3) is 3.69. The quantitative estimate of drug-likeness (QED) is 0.734. The highest BCUT2D eigenvalue weighted by Crippen LogP contribution is 2.20. The van der Waals surface area contributed by atoms with Gasteiger partial charge in [0.25, 0.3) is 0 Å². The Balaban J connectivity index is 1.62. The number of anilines is 1. The molecule has 3 rings (SSSR count). The molecule has 0 fully saturated rings. The van der Waals surface area contributed by atoms with Crippen molar-refractivity contribution < 1.29 is 5.11 Å². The number of benzene rings is 2. The van der Waals surface area contributed by atoms with Gasteiger partial charge in [-0.3, -0.25) is 0 Å². The van der Waals surface area contributed by atoms with Crippen molar-refractivity contribution in [1.29, 1.82) is 0 Å². The van der Waals surface area contributed by atoms with Crippen LogP contribution in [0.15, 0.2) is 54.6 Å². The third-order valence-corrected chi connectivity index (χ3v) is 4.26. The Morgan fingerprint density at radius 1 is 0.909 bits per heavy atom. The predicted octanol–water partition coefficient (Wildman–Crippen LogP) is 3.23. The van der Waals surface area contributed by atoms with E-state index in [9.17, 15) is 5.11 Å². The molecule has 0 spiro atoms. The van der Waals surface area contributed by atoms with Crippen molar-refractivity contribution in [3.8, 4) is 0 Å². The van der Waals surface area contributed by atoms with Gasteiger partial charge in [0.05, 0.1) is 6.61 Å². The summed E-state index contributed by atoms with van der Waals surface area (Å²) in [5.74, 6) is 0. The lowest BCUT2D eigenvalue weighted by Gasteiger charge is -2.07. The number of nitrogens with zero attached hydrogens (tertiary/aromatic N) is 2. The fourth-order valence-corrected chi connectivity index (χ4v) is 2.99. The SMILES string of the molecule is OCc1ccccc1CNc1nnc(Cc2ccccc2)s1. The smallest absolute Gasteiger partial charge is 0.205 e. The van der Waals surface area contributed by atoms with Crippen LogP contribution in [0.1, 0.15) is 21.7 Å². The Hall–Kier alpha value is -2.24. The maximum absolute atomic E-state index is 9.33. The van der Waals surface area contributed by atoms with Crippen LogP contribution < -0.4 is 5.32 Å². The Bertz CT molecular complexity index is 728. The predicted molar refractivity (Wildman–Crippen MR) is 88.8 cm³/mol. The van der Waals surface area contributed by atoms with Crippen LogP contribution in [0, 0.1) is 0 Å². The maximum Gasteiger partial charge on any atom is 0.205 e. The van der Waals surface area contributed by atoms with Gasteiger partial charge in [-0.15, -0.1) is 10.2 Å². The number of aliphatic hydroxyl groups is 1. The van der Waals surface area contributed by atoms with Gasteiger partial charge >= 0.3 is 0 Å². The highest BCUT2D eigenvalue weighted by atomic mass is 32.1. The average Bonchev–Trinajstić information content (AvgIpc) is 3.01. The summed E-state index contributed by atoms with van der Waals surface area (Å²) in [6.45, 7) is 0.684. The largest absolute Gasteiger partial charge is 0.392 e. The molecule has 2 N–H and O–H groups in total. The van der Waals surface area contributed by atoms with Crippen molar-refractivity contribution in [3.05, 3.63) is 76.3 Å². The molecule has 1 aromatic heterocycles. The van der Waals surface area contributed by atoms with Crippen molar-refractivity contribution in [1.82, 2.24) is 10.2 Å². The number of hydrogen-bond acceptors (Lipinski definition) is 5. The fourth-order valence-electron chi connectivity index (χ4n) is 2.22. The molecule has 0 aliphatic heterocycles. The summed E-state index contributed by atoms with van der Waals surface area (Å²) in [7, 11) is 0. The van der Waals surface area contributed by atoms with Gasteiger partial charge in [0.15, 0.2) is 0 Å². The van der Waals surface area contributed by atoms with E-state index in [1.165, 1.54) is 5.56 Å². The lowest BCUT2D eigenvalue weighted by molar-refractivity contribution is 0.280. The van der Waals surface area contributed by atoms with E-state index >= 15 is 0 Å². The fraction of sp³-hybridized carbons (Fsp3) is 0.176. The lowest BCUT2D eigenvalue weighted by Crippen LogP contribution is -2.02. The first-order valence-electron chi connectivity index (χ1n) is 7.13. The minimum absolute atomic E-state index is 0.0488. The van der Waals surface area contributed by atoms with Gasteiger partial charge < -0.3 is 10.4 Å². The highest BCUT2D eigenvalue weighted by Gasteiger charge is 2.06. The summed E-state index contributed by atoms with van der Waals surface area (Å²) in [5.41, 5.74) is 3.24. The second-order valence-electron chi connectivity index (χ2n) is 4.94. The molecule has 0 aliphatic rings. The summed E-state index contributed by atoms with van der Waals surface area (Å²) < 4.78 is 0. The van der Waals surface area contributed by atoms with E-state index < -0.39 is 0 Å². The van der Waals surface area contributed by atoms with Crippen LogP contribution in [0.2, 0.25) is 0 Å². The van der Waals surface area contributed by atoms with Gasteiger partial charge in [-0.2, -0.15) is 0 Å². The van der Waals surface area contributed by atoms with E-state index in [0.29, 0.717) is 6.54 Å². The summed E-state index contributed by atoms with van der Waals surface area (Å²) in [6, 6.07) is 18.1. The number of aliphatic hydroxyl groups excluding tert-OH is 1. The van der Waals surface area contributed by atoms with Crippen LogP contribution in [0.25, 0.3) is 0 Å². The number of nitrogens with one attached hydrogen (secondary N) is 1. The molecular formula is C17H17N3OS. The van der Waals surface area contributed by atoms with E-state index in [0.717, 1.165) is 27.7 Å². The molecule has 0 atom stereocenters. The van der Waals surface area contributed by atoms with Gasteiger partial charge in [-0.25, -0.2) is 0 Å². The minimum Gasteiger partial charge on any atom is -0.392 e. The second kappa shape index (κ2) is 7.15. The van der Waals surface area contributed by atoms with Gasteiger partial charge in [0.2, 0.25) is 5.13 Å². The molecule has 5 heteroatoms. The van der Waals surface area contributed by atoms with Crippen molar-refractivity contribution >= 4 is 16.5 Å². The standard InChI is InChI=1S/C17H17N3OS/c21-12-15-9-5-4-8-14(15)11-18-17-20-19-16(22-17)10-13-6-2-1-3-7-13/h1-9,21H,10-12H2,(H,18,20). The lowest BCUT2D eigenvalue weighted by atomic mass is 10.1. The van der Waals surface area contributed by atoms with Crippen LogP contribution >= 0.6 is 11.3 Å². The molecule has 22 heavy (non-hydrogen) atoms. The van der Waals surface area contributed by atoms with E-state index in [1.807, 2.05) is 42.5 Å². The molecule has 0 unspecified atom stereocenters. The Morgan fingerprint density at radius 3 is 2.41 bits per heavy atom. The molecule has 4 nitrogen and oxygen atoms in total. The number of hydrogen-bond donors (Lipinski definition) is 2. The molecule has 2 aromatic carbocycles. The summed E-state index contributed by atoms with van der Waals surface area (Å²) in [5, 5.41) is 22.8. The third-order valence-electron chi connectivity index (χ3n) is 3.38. The van der Waals surface area contributed by atoms with Gasteiger partial charge in [0, 0.05) is 13.0 Å². The van der Waals surface area contributed by atoms with E-state index in [-0.39, 0.29) is 6.61 Å². The number of rotatable bonds is 6. The first-order chi connectivity index (χ1) is 10.8. The average molecular weight is 311 g/mol. The second-order valence-corrected chi connectivity index (χ2v) is 6.01. The van der Waals surface area contributed by atoms with Gasteiger partial charge in [0.1, 0.15) is 5.01 Å². The van der Waals surface area contributed by atoms with Crippen LogP contribution in [-0.2, 0) is 19.6 Å². The normalized spacial score (nSPS) is 10.6. The van der Waals surface area contributed by atoms with Crippen molar-refractivity contribution in [2.75, 3.05) is 5.32 Å². The molecular weight excluding hydrogens is 294 g/mol. The molecule has 0 bridgehead atoms. The molecule has 0 saturated heterocycles. The summed E-state index contributed by atoms with van der Waals surface area (Å²) in [4.78, 5) is 0. The molecule has 0 radical (unpaired) electrons. The highest BCUT2D eigenvalue weighted by molar-refractivity contribution is 7.15. The topological polar surface area (TPSA) is 58.0 Å². The Kier molecular flexibility index (Phi) is 4.78. The Morgan fingerprint density at radius 2 is 1.64 bits per heavy atom. The summed E-state index contributed by atoms with van der Waals surface area (Å²) >= 11 is 1.56. The van der Waals surface area contributed by atoms with Crippen LogP contribution in [0.4, 0.5) is 5.13 Å². The molecule has 3 aromatic rings. The zero-order chi connectivity index (χ0) is 15.2. The molecule has 0 saturated carbocycles. The van der Waals surface area contributed by atoms with Crippen molar-refractivity contribution in [2.24, 2.45) is 0 Å². The van der Waals surface area contributed by atoms with Crippen molar-refractivity contribution in [3.63, 3.8) is 0 Å². The maximum atomic E-state index is 9.33. The van der Waals surface area contributed by atoms with E-state index in [1.54, 1.807) is 11.3 Å². The molecule has 112 valence electrons. The zero-order valence-corrected chi connectivity index (χ0v) is 12.9. The van der Waals surface area contributed by atoms with Crippen LogP contribution in [0.3, 0.4) is 0 Å². The molecule has 0 amide bonds. The van der Waals surface area contributed by atoms with E-state index in [4.69, 9.17) is 0 Å². The van der Waals surface area contributed by atoms with Crippen molar-refractivity contribution in [2.45, 2.75) is 19.6 Å². The van der Waals surface area contributed by atoms with Gasteiger partial charge in [-0.05, 0) is 16.7 Å². The Labute approximate surface area is 133 Å². The van der Waals surface area contributed by atoms with E-state index in [2.05, 4.69) is 27.6 Å². The summed E-state index contributed by atoms with van der Waals surface area (Å²) in [6.07, 6.45) is 0.799. The van der Waals surface area contributed by atoms with Gasteiger partial charge in [-0.1, -0.05) is 65.9 Å². The van der Waals surface area contributed by atoms with Crippen LogP contribution in [-0.4, -0.2) is 15.3 Å². The minimum atomic E-state index is 0.0488. The van der Waals surface area contributed by atoms with Crippen LogP contribution in [0.5, 0.6) is 0 Å². The first kappa shape index (κ1) is 14.7. The zero-order valence-electron chi connectivity index (χ0n) is 12.1.